The summed E-state index contributed by atoms with van der Waals surface area (Å²) in [5, 5.41) is 0. The Morgan fingerprint density at radius 2 is 1.19 bits per heavy atom. The van der Waals surface area contributed by atoms with E-state index in [0.29, 0.717) is 12.4 Å². The Hall–Kier alpha value is -3.59. The van der Waals surface area contributed by atoms with Crippen LogP contribution in [-0.2, 0) is 6.54 Å². The molecule has 0 aliphatic carbocycles. The summed E-state index contributed by atoms with van der Waals surface area (Å²) in [6.07, 6.45) is 0. The summed E-state index contributed by atoms with van der Waals surface area (Å²) in [7, 11) is 0. The van der Waals surface area contributed by atoms with E-state index in [2.05, 4.69) is 36.0 Å². The van der Waals surface area contributed by atoms with Crippen molar-refractivity contribution in [1.82, 2.24) is 9.97 Å². The van der Waals surface area contributed by atoms with Gasteiger partial charge < -0.3 is 0 Å². The zero-order chi connectivity index (χ0) is 18.5. The van der Waals surface area contributed by atoms with E-state index in [4.69, 9.17) is 9.97 Å². The summed E-state index contributed by atoms with van der Waals surface area (Å²) in [6, 6.07) is 30.5. The molecule has 130 valence electrons. The fourth-order valence-corrected chi connectivity index (χ4v) is 3.08. The molecule has 27 heavy (non-hydrogen) atoms. The first-order valence-electron chi connectivity index (χ1n) is 8.86. The van der Waals surface area contributed by atoms with Gasteiger partial charge in [-0.25, -0.2) is 9.97 Å². The van der Waals surface area contributed by atoms with E-state index in [-0.39, 0.29) is 0 Å². The molecule has 0 unspecified atom stereocenters. The molecule has 3 nitrogen and oxygen atoms in total. The molecule has 4 rings (SSSR count). The Morgan fingerprint density at radius 3 is 1.74 bits per heavy atom. The molecule has 0 aliphatic rings. The van der Waals surface area contributed by atoms with Crippen LogP contribution in [0, 0.1) is 0 Å². The molecule has 0 saturated heterocycles. The number of rotatable bonds is 5. The lowest BCUT2D eigenvalue weighted by atomic mass is 10.0. The van der Waals surface area contributed by atoms with E-state index in [1.165, 1.54) is 0 Å². The normalized spacial score (nSPS) is 10.5. The molecule has 0 amide bonds. The molecular formula is C24H19N3. The van der Waals surface area contributed by atoms with Gasteiger partial charge >= 0.3 is 0 Å². The standard InChI is InChI=1S/C24H19N3/c1-25-17-20-14-8-9-15-21(20)24-26-22(18-10-4-2-5-11-18)16-23(27-24)19-12-6-3-7-13-19/h2-16H,1,17H2. The first kappa shape index (κ1) is 16.9. The average molecular weight is 349 g/mol. The molecule has 3 heteroatoms. The summed E-state index contributed by atoms with van der Waals surface area (Å²) in [4.78, 5) is 13.8. The minimum absolute atomic E-state index is 0.537. The number of nitrogens with zero attached hydrogens (tertiary/aromatic N) is 3. The molecule has 3 aromatic carbocycles. The van der Waals surface area contributed by atoms with Gasteiger partial charge in [0.05, 0.1) is 17.9 Å². The van der Waals surface area contributed by atoms with Gasteiger partial charge in [0.1, 0.15) is 0 Å². The van der Waals surface area contributed by atoms with E-state index in [9.17, 15) is 0 Å². The highest BCUT2D eigenvalue weighted by molar-refractivity contribution is 5.72. The van der Waals surface area contributed by atoms with E-state index in [1.54, 1.807) is 0 Å². The van der Waals surface area contributed by atoms with Crippen molar-refractivity contribution in [3.8, 4) is 33.9 Å². The molecule has 0 atom stereocenters. The van der Waals surface area contributed by atoms with E-state index in [1.807, 2.05) is 66.7 Å². The highest BCUT2D eigenvalue weighted by Crippen LogP contribution is 2.29. The molecular weight excluding hydrogens is 330 g/mol. The third-order valence-corrected chi connectivity index (χ3v) is 4.41. The highest BCUT2D eigenvalue weighted by atomic mass is 14.9. The molecule has 1 aromatic heterocycles. The Bertz CT molecular complexity index is 999. The number of benzene rings is 3. The molecule has 1 heterocycles. The zero-order valence-electron chi connectivity index (χ0n) is 14.9. The van der Waals surface area contributed by atoms with E-state index in [0.717, 1.165) is 33.6 Å². The lowest BCUT2D eigenvalue weighted by molar-refractivity contribution is 1.07. The molecule has 0 radical (unpaired) electrons. The first-order valence-corrected chi connectivity index (χ1v) is 8.86. The maximum Gasteiger partial charge on any atom is 0.160 e. The number of aliphatic imine (C=N–C) groups is 1. The molecule has 4 aromatic rings. The SMILES string of the molecule is C=NCc1ccccc1-c1nc(-c2ccccc2)cc(-c2ccccc2)n1. The lowest BCUT2D eigenvalue weighted by Gasteiger charge is -2.11. The molecule has 0 aliphatic heterocycles. The van der Waals surface area contributed by atoms with Gasteiger partial charge in [-0.2, -0.15) is 0 Å². The molecule has 0 saturated carbocycles. The van der Waals surface area contributed by atoms with Crippen LogP contribution >= 0.6 is 0 Å². The maximum atomic E-state index is 4.87. The van der Waals surface area contributed by atoms with Crippen LogP contribution in [-0.4, -0.2) is 16.7 Å². The van der Waals surface area contributed by atoms with Crippen LogP contribution in [0.5, 0.6) is 0 Å². The molecule has 0 N–H and O–H groups in total. The van der Waals surface area contributed by atoms with Gasteiger partial charge in [-0.05, 0) is 18.3 Å². The smallest absolute Gasteiger partial charge is 0.160 e. The van der Waals surface area contributed by atoms with Crippen LogP contribution in [0.3, 0.4) is 0 Å². The van der Waals surface area contributed by atoms with Crippen LogP contribution < -0.4 is 0 Å². The summed E-state index contributed by atoms with van der Waals surface area (Å²) < 4.78 is 0. The predicted octanol–water partition coefficient (Wildman–Crippen LogP) is 5.68. The van der Waals surface area contributed by atoms with Crippen molar-refractivity contribution < 1.29 is 0 Å². The molecule has 0 spiro atoms. The monoisotopic (exact) mass is 349 g/mol. The van der Waals surface area contributed by atoms with Crippen LogP contribution in [0.1, 0.15) is 5.56 Å². The van der Waals surface area contributed by atoms with Gasteiger partial charge in [0.15, 0.2) is 5.82 Å². The molecule has 0 fully saturated rings. The second-order valence-electron chi connectivity index (χ2n) is 6.23. The predicted molar refractivity (Wildman–Crippen MR) is 112 cm³/mol. The number of hydrogen-bond acceptors (Lipinski definition) is 3. The summed E-state index contributed by atoms with van der Waals surface area (Å²) in [5.74, 6) is 0.703. The quantitative estimate of drug-likeness (QED) is 0.435. The van der Waals surface area contributed by atoms with Gasteiger partial charge in [-0.15, -0.1) is 0 Å². The van der Waals surface area contributed by atoms with Gasteiger partial charge in [0.2, 0.25) is 0 Å². The van der Waals surface area contributed by atoms with Crippen molar-refractivity contribution >= 4 is 6.72 Å². The van der Waals surface area contributed by atoms with Gasteiger partial charge in [-0.3, -0.25) is 4.99 Å². The first-order chi connectivity index (χ1) is 13.3. The van der Waals surface area contributed by atoms with Crippen LogP contribution in [0.4, 0.5) is 0 Å². The maximum absolute atomic E-state index is 4.87. The van der Waals surface area contributed by atoms with Gasteiger partial charge in [0, 0.05) is 16.7 Å². The summed E-state index contributed by atoms with van der Waals surface area (Å²) in [5.41, 5.74) is 5.99. The van der Waals surface area contributed by atoms with Crippen molar-refractivity contribution in [3.05, 3.63) is 96.6 Å². The Kier molecular flexibility index (Phi) is 4.84. The van der Waals surface area contributed by atoms with E-state index >= 15 is 0 Å². The topological polar surface area (TPSA) is 38.1 Å². The number of aromatic nitrogens is 2. The zero-order valence-corrected chi connectivity index (χ0v) is 14.9. The fraction of sp³-hybridized carbons (Fsp3) is 0.0417. The second-order valence-corrected chi connectivity index (χ2v) is 6.23. The van der Waals surface area contributed by atoms with Crippen LogP contribution in [0.15, 0.2) is 96.0 Å². The summed E-state index contributed by atoms with van der Waals surface area (Å²) >= 11 is 0. The van der Waals surface area contributed by atoms with Gasteiger partial charge in [-0.1, -0.05) is 84.9 Å². The van der Waals surface area contributed by atoms with Crippen molar-refractivity contribution in [1.29, 1.82) is 0 Å². The van der Waals surface area contributed by atoms with Crippen LogP contribution in [0.25, 0.3) is 33.9 Å². The Balaban J connectivity index is 1.93. The van der Waals surface area contributed by atoms with Crippen molar-refractivity contribution in [2.24, 2.45) is 4.99 Å². The molecule has 0 bridgehead atoms. The van der Waals surface area contributed by atoms with Crippen LogP contribution in [0.2, 0.25) is 0 Å². The third-order valence-electron chi connectivity index (χ3n) is 4.41. The van der Waals surface area contributed by atoms with E-state index < -0.39 is 0 Å². The third kappa shape index (κ3) is 3.67. The lowest BCUT2D eigenvalue weighted by Crippen LogP contribution is -1.98. The van der Waals surface area contributed by atoms with Crippen molar-refractivity contribution in [2.45, 2.75) is 6.54 Å². The van der Waals surface area contributed by atoms with Crippen molar-refractivity contribution in [2.75, 3.05) is 0 Å². The van der Waals surface area contributed by atoms with Gasteiger partial charge in [0.25, 0.3) is 0 Å². The minimum Gasteiger partial charge on any atom is -0.296 e. The minimum atomic E-state index is 0.537. The Labute approximate surface area is 159 Å². The average Bonchev–Trinajstić information content (AvgIpc) is 2.75. The Morgan fingerprint density at radius 1 is 0.667 bits per heavy atom. The fourth-order valence-electron chi connectivity index (χ4n) is 3.08. The largest absolute Gasteiger partial charge is 0.296 e. The number of hydrogen-bond donors (Lipinski definition) is 0. The highest BCUT2D eigenvalue weighted by Gasteiger charge is 2.12. The van der Waals surface area contributed by atoms with Crippen molar-refractivity contribution in [3.63, 3.8) is 0 Å². The summed E-state index contributed by atoms with van der Waals surface area (Å²) in [6.45, 7) is 4.17. The second kappa shape index (κ2) is 7.75.